The molecule has 1 fully saturated rings. The summed E-state index contributed by atoms with van der Waals surface area (Å²) in [5, 5.41) is 0. The molecule has 0 radical (unpaired) electrons. The van der Waals surface area contributed by atoms with Gasteiger partial charge in [-0.15, -0.1) is 0 Å². The molecule has 0 aliphatic heterocycles. The van der Waals surface area contributed by atoms with Crippen molar-refractivity contribution in [3.8, 4) is 5.75 Å². The predicted octanol–water partition coefficient (Wildman–Crippen LogP) is 2.91. The normalized spacial score (nSPS) is 21.5. The quantitative estimate of drug-likeness (QED) is 0.849. The Balaban J connectivity index is 2.08. The van der Waals surface area contributed by atoms with Crippen molar-refractivity contribution in [3.05, 3.63) is 28.8 Å². The van der Waals surface area contributed by atoms with Gasteiger partial charge in [0.15, 0.2) is 0 Å². The standard InChI is InChI=1S/C15H21NO/c1-17-14-10-12-6-4-5-11(12)9-13(14)15(16)7-2-3-8-15/h9-10H,2-8,16H2,1H3. The maximum absolute atomic E-state index is 6.57. The number of hydrogen-bond donors (Lipinski definition) is 1. The minimum absolute atomic E-state index is 0.136. The number of fused-ring (bicyclic) bond motifs is 1. The summed E-state index contributed by atoms with van der Waals surface area (Å²) in [4.78, 5) is 0. The third-order valence-corrected chi connectivity index (χ3v) is 4.45. The van der Waals surface area contributed by atoms with Crippen LogP contribution in [0.15, 0.2) is 12.1 Å². The van der Waals surface area contributed by atoms with Crippen LogP contribution in [0.2, 0.25) is 0 Å². The number of nitrogens with two attached hydrogens (primary N) is 1. The highest BCUT2D eigenvalue weighted by Gasteiger charge is 2.34. The van der Waals surface area contributed by atoms with Crippen LogP contribution in [0.3, 0.4) is 0 Å². The van der Waals surface area contributed by atoms with Crippen molar-refractivity contribution in [3.63, 3.8) is 0 Å². The molecule has 3 rings (SSSR count). The van der Waals surface area contributed by atoms with E-state index in [9.17, 15) is 0 Å². The van der Waals surface area contributed by atoms with Crippen molar-refractivity contribution in [2.45, 2.75) is 50.5 Å². The molecule has 0 saturated heterocycles. The summed E-state index contributed by atoms with van der Waals surface area (Å²) in [5.74, 6) is 1.01. The Kier molecular flexibility index (Phi) is 2.62. The average molecular weight is 231 g/mol. The van der Waals surface area contributed by atoms with Gasteiger partial charge < -0.3 is 10.5 Å². The van der Waals surface area contributed by atoms with Crippen molar-refractivity contribution in [1.29, 1.82) is 0 Å². The molecule has 1 aromatic carbocycles. The van der Waals surface area contributed by atoms with Crippen LogP contribution in [-0.2, 0) is 18.4 Å². The molecule has 2 N–H and O–H groups in total. The molecule has 2 aliphatic carbocycles. The molecular formula is C15H21NO. The van der Waals surface area contributed by atoms with Crippen LogP contribution in [0.5, 0.6) is 5.75 Å². The average Bonchev–Trinajstić information content (AvgIpc) is 2.95. The largest absolute Gasteiger partial charge is 0.496 e. The first-order valence-electron chi connectivity index (χ1n) is 6.72. The van der Waals surface area contributed by atoms with E-state index in [1.807, 2.05) is 0 Å². The zero-order valence-electron chi connectivity index (χ0n) is 10.6. The van der Waals surface area contributed by atoms with Crippen molar-refractivity contribution in [2.75, 3.05) is 7.11 Å². The van der Waals surface area contributed by atoms with E-state index in [1.165, 1.54) is 48.8 Å². The van der Waals surface area contributed by atoms with Crippen LogP contribution in [0.1, 0.15) is 48.8 Å². The monoisotopic (exact) mass is 231 g/mol. The van der Waals surface area contributed by atoms with Crippen molar-refractivity contribution >= 4 is 0 Å². The fraction of sp³-hybridized carbons (Fsp3) is 0.600. The number of benzene rings is 1. The smallest absolute Gasteiger partial charge is 0.124 e. The van der Waals surface area contributed by atoms with E-state index in [0.29, 0.717) is 0 Å². The van der Waals surface area contributed by atoms with Gasteiger partial charge in [0.25, 0.3) is 0 Å². The Morgan fingerprint density at radius 1 is 1.06 bits per heavy atom. The summed E-state index contributed by atoms with van der Waals surface area (Å²) < 4.78 is 5.57. The van der Waals surface area contributed by atoms with E-state index in [1.54, 1.807) is 7.11 Å². The molecule has 1 saturated carbocycles. The number of rotatable bonds is 2. The summed E-state index contributed by atoms with van der Waals surface area (Å²) in [6.45, 7) is 0. The van der Waals surface area contributed by atoms with Crippen molar-refractivity contribution in [1.82, 2.24) is 0 Å². The molecule has 0 atom stereocenters. The maximum atomic E-state index is 6.57. The number of methoxy groups -OCH3 is 1. The molecule has 92 valence electrons. The van der Waals surface area contributed by atoms with Crippen LogP contribution in [0.4, 0.5) is 0 Å². The fourth-order valence-electron chi connectivity index (χ4n) is 3.43. The highest BCUT2D eigenvalue weighted by Crippen LogP contribution is 2.42. The Labute approximate surface area is 103 Å². The lowest BCUT2D eigenvalue weighted by Gasteiger charge is -2.27. The molecule has 0 bridgehead atoms. The number of ether oxygens (including phenoxy) is 1. The SMILES string of the molecule is COc1cc2c(cc1C1(N)CCCC1)CCC2. The van der Waals surface area contributed by atoms with Crippen molar-refractivity contribution < 1.29 is 4.74 Å². The van der Waals surface area contributed by atoms with E-state index >= 15 is 0 Å². The van der Waals surface area contributed by atoms with Gasteiger partial charge in [0, 0.05) is 11.1 Å². The summed E-state index contributed by atoms with van der Waals surface area (Å²) >= 11 is 0. The molecule has 2 aliphatic rings. The second-order valence-electron chi connectivity index (χ2n) is 5.54. The summed E-state index contributed by atoms with van der Waals surface area (Å²) in [5.41, 5.74) is 10.6. The van der Waals surface area contributed by atoms with E-state index in [0.717, 1.165) is 18.6 Å². The Hall–Kier alpha value is -1.02. The molecule has 0 spiro atoms. The molecule has 0 unspecified atom stereocenters. The van der Waals surface area contributed by atoms with E-state index in [4.69, 9.17) is 10.5 Å². The van der Waals surface area contributed by atoms with Crippen LogP contribution >= 0.6 is 0 Å². The maximum Gasteiger partial charge on any atom is 0.124 e. The molecule has 2 nitrogen and oxygen atoms in total. The number of aryl methyl sites for hydroxylation is 2. The minimum Gasteiger partial charge on any atom is -0.496 e. The molecule has 17 heavy (non-hydrogen) atoms. The van der Waals surface area contributed by atoms with E-state index in [-0.39, 0.29) is 5.54 Å². The second-order valence-corrected chi connectivity index (χ2v) is 5.54. The summed E-state index contributed by atoms with van der Waals surface area (Å²) in [7, 11) is 1.76. The molecule has 1 aromatic rings. The van der Waals surface area contributed by atoms with Gasteiger partial charge in [-0.1, -0.05) is 12.8 Å². The highest BCUT2D eigenvalue weighted by atomic mass is 16.5. The lowest BCUT2D eigenvalue weighted by Crippen LogP contribution is -2.33. The van der Waals surface area contributed by atoms with Gasteiger partial charge in [-0.25, -0.2) is 0 Å². The third kappa shape index (κ3) is 1.75. The topological polar surface area (TPSA) is 35.2 Å². The third-order valence-electron chi connectivity index (χ3n) is 4.45. The number of hydrogen-bond acceptors (Lipinski definition) is 2. The lowest BCUT2D eigenvalue weighted by atomic mass is 9.86. The van der Waals surface area contributed by atoms with Gasteiger partial charge in [0.05, 0.1) is 7.11 Å². The van der Waals surface area contributed by atoms with Crippen LogP contribution in [0.25, 0.3) is 0 Å². The zero-order valence-corrected chi connectivity index (χ0v) is 10.6. The van der Waals surface area contributed by atoms with E-state index in [2.05, 4.69) is 12.1 Å². The Bertz CT molecular complexity index is 433. The summed E-state index contributed by atoms with van der Waals surface area (Å²) in [6, 6.07) is 4.55. The molecule has 2 heteroatoms. The van der Waals surface area contributed by atoms with Gasteiger partial charge in [-0.05, 0) is 55.4 Å². The van der Waals surface area contributed by atoms with Crippen LogP contribution in [-0.4, -0.2) is 7.11 Å². The molecule has 0 heterocycles. The Morgan fingerprint density at radius 2 is 1.71 bits per heavy atom. The Morgan fingerprint density at radius 3 is 2.35 bits per heavy atom. The zero-order chi connectivity index (χ0) is 11.9. The van der Waals surface area contributed by atoms with E-state index < -0.39 is 0 Å². The van der Waals surface area contributed by atoms with Crippen LogP contribution < -0.4 is 10.5 Å². The van der Waals surface area contributed by atoms with Gasteiger partial charge in [-0.2, -0.15) is 0 Å². The molecule has 0 amide bonds. The lowest BCUT2D eigenvalue weighted by molar-refractivity contribution is 0.379. The minimum atomic E-state index is -0.136. The first kappa shape index (κ1) is 11.1. The first-order valence-corrected chi connectivity index (χ1v) is 6.72. The van der Waals surface area contributed by atoms with Gasteiger partial charge in [0.1, 0.15) is 5.75 Å². The van der Waals surface area contributed by atoms with Crippen LogP contribution in [0, 0.1) is 0 Å². The molecular weight excluding hydrogens is 210 g/mol. The van der Waals surface area contributed by atoms with Gasteiger partial charge >= 0.3 is 0 Å². The van der Waals surface area contributed by atoms with Gasteiger partial charge in [-0.3, -0.25) is 0 Å². The summed E-state index contributed by atoms with van der Waals surface area (Å²) in [6.07, 6.45) is 8.38. The van der Waals surface area contributed by atoms with Crippen molar-refractivity contribution in [2.24, 2.45) is 5.73 Å². The van der Waals surface area contributed by atoms with Gasteiger partial charge in [0.2, 0.25) is 0 Å². The second kappa shape index (κ2) is 4.02. The highest BCUT2D eigenvalue weighted by molar-refractivity contribution is 5.48. The fourth-order valence-corrected chi connectivity index (χ4v) is 3.43. The molecule has 0 aromatic heterocycles. The predicted molar refractivity (Wildman–Crippen MR) is 69.4 cm³/mol. The first-order chi connectivity index (χ1) is 8.23.